The van der Waals surface area contributed by atoms with Crippen molar-refractivity contribution < 1.29 is 42.1 Å². The molecule has 0 spiro atoms. The van der Waals surface area contributed by atoms with Gasteiger partial charge in [-0.15, -0.1) is 0 Å². The molecule has 0 radical (unpaired) electrons. The molecule has 196 valence electrons. The second-order valence-electron chi connectivity index (χ2n) is 8.08. The Hall–Kier alpha value is -2.24. The van der Waals surface area contributed by atoms with Gasteiger partial charge in [0.25, 0.3) is 5.91 Å². The van der Waals surface area contributed by atoms with E-state index in [9.17, 15) is 23.7 Å². The largest absolute Gasteiger partial charge is 0.474 e. The highest BCUT2D eigenvalue weighted by Gasteiger charge is 2.33. The van der Waals surface area contributed by atoms with Gasteiger partial charge >= 0.3 is 13.8 Å². The van der Waals surface area contributed by atoms with Crippen molar-refractivity contribution in [2.24, 2.45) is 5.41 Å². The Labute approximate surface area is 209 Å². The molecule has 0 fully saturated rings. The Morgan fingerprint density at radius 1 is 1.11 bits per heavy atom. The maximum atomic E-state index is 12.6. The molecule has 1 rings (SSSR count). The molecule has 0 saturated heterocycles. The molecule has 1 aromatic carbocycles. The lowest BCUT2D eigenvalue weighted by molar-refractivity contribution is -0.126. The predicted molar refractivity (Wildman–Crippen MR) is 132 cm³/mol. The molecular formula is C22H33N2O9PS. The molecule has 0 aromatic heterocycles. The van der Waals surface area contributed by atoms with Crippen molar-refractivity contribution in [1.82, 2.24) is 5.32 Å². The third-order valence-corrected chi connectivity index (χ3v) is 7.00. The number of hydrogen-bond acceptors (Lipinski definition) is 11. The number of ketones is 1. The molecule has 11 nitrogen and oxygen atoms in total. The van der Waals surface area contributed by atoms with Crippen LogP contribution in [0.5, 0.6) is 0 Å². The van der Waals surface area contributed by atoms with Crippen LogP contribution in [-0.2, 0) is 32.5 Å². The van der Waals surface area contributed by atoms with Crippen LogP contribution in [0.3, 0.4) is 0 Å². The summed E-state index contributed by atoms with van der Waals surface area (Å²) in [6, 6.07) is 4.28. The number of carbonyl (C=O) groups is 4. The number of phosphoric acid groups is 1. The fourth-order valence-corrected chi connectivity index (χ4v) is 4.38. The summed E-state index contributed by atoms with van der Waals surface area (Å²) < 4.78 is 32.7. The lowest BCUT2D eigenvalue weighted by Gasteiger charge is -2.25. The smallest absolute Gasteiger partial charge is 0.465 e. The minimum absolute atomic E-state index is 0.00241. The van der Waals surface area contributed by atoms with Crippen molar-refractivity contribution in [3.05, 3.63) is 29.3 Å². The van der Waals surface area contributed by atoms with Crippen molar-refractivity contribution >= 4 is 48.0 Å². The van der Waals surface area contributed by atoms with Gasteiger partial charge in [-0.1, -0.05) is 25.6 Å². The van der Waals surface area contributed by atoms with Crippen molar-refractivity contribution in [3.8, 4) is 0 Å². The van der Waals surface area contributed by atoms with Crippen LogP contribution in [0.4, 0.5) is 5.69 Å². The van der Waals surface area contributed by atoms with Crippen LogP contribution >= 0.6 is 19.6 Å². The Bertz CT molecular complexity index is 968. The highest BCUT2D eigenvalue weighted by Crippen LogP contribution is 2.49. The fourth-order valence-electron chi connectivity index (χ4n) is 2.53. The number of amides is 1. The normalized spacial score (nSPS) is 13.1. The maximum Gasteiger partial charge on any atom is 0.474 e. The first kappa shape index (κ1) is 30.8. The molecule has 1 atom stereocenters. The molecule has 35 heavy (non-hydrogen) atoms. The van der Waals surface area contributed by atoms with Crippen LogP contribution in [0.15, 0.2) is 18.2 Å². The summed E-state index contributed by atoms with van der Waals surface area (Å²) in [4.78, 5) is 47.1. The zero-order valence-electron chi connectivity index (χ0n) is 20.6. The lowest BCUT2D eigenvalue weighted by atomic mass is 9.90. The van der Waals surface area contributed by atoms with Crippen molar-refractivity contribution in [2.45, 2.75) is 33.6 Å². The van der Waals surface area contributed by atoms with E-state index in [1.54, 1.807) is 13.8 Å². The number of nitrogens with one attached hydrogen (secondary N) is 1. The van der Waals surface area contributed by atoms with Crippen molar-refractivity contribution in [1.29, 1.82) is 0 Å². The fraction of sp³-hybridized carbons (Fsp3) is 0.545. The van der Waals surface area contributed by atoms with E-state index < -0.39 is 19.2 Å². The average molecular weight is 533 g/mol. The van der Waals surface area contributed by atoms with Gasteiger partial charge in [0.05, 0.1) is 31.6 Å². The number of thioether (sulfide) groups is 1. The molecule has 0 heterocycles. The van der Waals surface area contributed by atoms with Gasteiger partial charge in [0.15, 0.2) is 10.9 Å². The lowest BCUT2D eigenvalue weighted by Crippen LogP contribution is -2.31. The highest BCUT2D eigenvalue weighted by atomic mass is 32.2. The number of ether oxygens (including phenoxy) is 1. The van der Waals surface area contributed by atoms with E-state index in [-0.39, 0.29) is 47.0 Å². The number of hydrogen-bond donors (Lipinski definition) is 2. The van der Waals surface area contributed by atoms with E-state index in [1.807, 2.05) is 0 Å². The zero-order valence-corrected chi connectivity index (χ0v) is 22.3. The predicted octanol–water partition coefficient (Wildman–Crippen LogP) is 3.23. The Morgan fingerprint density at radius 3 is 2.37 bits per heavy atom. The Balaban J connectivity index is 2.42. The van der Waals surface area contributed by atoms with E-state index in [2.05, 4.69) is 10.1 Å². The number of unbranched alkanes of at least 4 members (excludes halogenated alkanes) is 1. The van der Waals surface area contributed by atoms with Crippen LogP contribution < -0.4 is 11.1 Å². The number of phosphoric ester groups is 1. The summed E-state index contributed by atoms with van der Waals surface area (Å²) >= 11 is 0.900. The summed E-state index contributed by atoms with van der Waals surface area (Å²) in [5.41, 5.74) is 5.42. The number of nitrogens with two attached hydrogens (primary N) is 1. The summed E-state index contributed by atoms with van der Waals surface area (Å²) in [6.07, 6.45) is 0.954. The Morgan fingerprint density at radius 2 is 1.80 bits per heavy atom. The van der Waals surface area contributed by atoms with E-state index in [4.69, 9.17) is 19.3 Å². The van der Waals surface area contributed by atoms with E-state index in [0.29, 0.717) is 24.9 Å². The summed E-state index contributed by atoms with van der Waals surface area (Å²) in [5, 5.41) is 2.55. The van der Waals surface area contributed by atoms with Crippen molar-refractivity contribution in [2.75, 3.05) is 45.5 Å². The number of nitrogen functional groups attached to an aromatic ring is 1. The first-order valence-electron chi connectivity index (χ1n) is 10.7. The molecule has 1 unspecified atom stereocenters. The minimum Gasteiger partial charge on any atom is -0.465 e. The summed E-state index contributed by atoms with van der Waals surface area (Å²) in [7, 11) is -1.46. The quantitative estimate of drug-likeness (QED) is 0.148. The van der Waals surface area contributed by atoms with Crippen LogP contribution in [0.2, 0.25) is 0 Å². The number of rotatable bonds is 15. The van der Waals surface area contributed by atoms with Gasteiger partial charge in [0, 0.05) is 37.2 Å². The van der Waals surface area contributed by atoms with Crippen LogP contribution in [0, 0.1) is 5.41 Å². The topological polar surface area (TPSA) is 160 Å². The van der Waals surface area contributed by atoms with Gasteiger partial charge in [0.2, 0.25) is 0 Å². The third kappa shape index (κ3) is 10.5. The first-order valence-corrected chi connectivity index (χ1v) is 13.2. The summed E-state index contributed by atoms with van der Waals surface area (Å²) in [5.74, 6) is -1.18. The molecule has 0 bridgehead atoms. The number of Topliss-reactive ketones (excluding diaryl/α,β-unsaturated/α-hetero) is 1. The number of carbonyl (C=O) groups excluding carboxylic acids is 4. The number of esters is 1. The van der Waals surface area contributed by atoms with Gasteiger partial charge in [0.1, 0.15) is 0 Å². The molecule has 0 aliphatic heterocycles. The summed E-state index contributed by atoms with van der Waals surface area (Å²) in [6.45, 7) is 4.76. The minimum atomic E-state index is -3.88. The number of anilines is 1. The van der Waals surface area contributed by atoms with Gasteiger partial charge in [-0.25, -0.2) is 9.36 Å². The second-order valence-corrected chi connectivity index (χ2v) is 11.0. The van der Waals surface area contributed by atoms with E-state index in [1.165, 1.54) is 39.3 Å². The Kier molecular flexibility index (Phi) is 12.6. The third-order valence-electron chi connectivity index (χ3n) is 4.79. The standard InChI is InChI=1S/C22H33N2O9PS/c1-15(25)35-13-19(26)22(2,3)14-33-34(29,31-5)32-11-7-6-10-24-20(27)16-8-9-17(18(23)12-16)21(28)30-4/h8-9,12H,6-7,10-11,13-14,23H2,1-5H3,(H,24,27). The van der Waals surface area contributed by atoms with Gasteiger partial charge in [-0.05, 0) is 31.0 Å². The number of benzene rings is 1. The van der Waals surface area contributed by atoms with Crippen LogP contribution in [-0.4, -0.2) is 62.5 Å². The van der Waals surface area contributed by atoms with Gasteiger partial charge < -0.3 is 15.8 Å². The van der Waals surface area contributed by atoms with Crippen molar-refractivity contribution in [3.63, 3.8) is 0 Å². The number of methoxy groups -OCH3 is 1. The zero-order chi connectivity index (χ0) is 26.6. The average Bonchev–Trinajstić information content (AvgIpc) is 2.82. The maximum absolute atomic E-state index is 12.6. The second kappa shape index (κ2) is 14.4. The molecule has 0 aliphatic rings. The molecule has 3 N–H and O–H groups in total. The van der Waals surface area contributed by atoms with Gasteiger partial charge in [-0.3, -0.25) is 28.0 Å². The molecule has 0 aliphatic carbocycles. The SMILES string of the molecule is COC(=O)c1ccc(C(=O)NCCCCOP(=O)(OC)OCC(C)(C)C(=O)CSC(C)=O)cc1N. The monoisotopic (exact) mass is 532 g/mol. The molecule has 13 heteroatoms. The van der Waals surface area contributed by atoms with Crippen LogP contribution in [0.25, 0.3) is 0 Å². The molecule has 1 aromatic rings. The first-order chi connectivity index (χ1) is 16.3. The molecule has 0 saturated carbocycles. The van der Waals surface area contributed by atoms with E-state index >= 15 is 0 Å². The molecular weight excluding hydrogens is 499 g/mol. The van der Waals surface area contributed by atoms with Gasteiger partial charge in [-0.2, -0.15) is 0 Å². The molecule has 1 amide bonds. The van der Waals surface area contributed by atoms with E-state index in [0.717, 1.165) is 11.8 Å². The highest BCUT2D eigenvalue weighted by molar-refractivity contribution is 8.14. The van der Waals surface area contributed by atoms with Crippen LogP contribution in [0.1, 0.15) is 54.3 Å².